The van der Waals surface area contributed by atoms with Gasteiger partial charge in [-0.3, -0.25) is 43.4 Å². The lowest BCUT2D eigenvalue weighted by Crippen LogP contribution is -2.60. The van der Waals surface area contributed by atoms with E-state index in [1.165, 1.54) is 11.9 Å². The van der Waals surface area contributed by atoms with Crippen LogP contribution < -0.4 is 16.0 Å². The summed E-state index contributed by atoms with van der Waals surface area (Å²) < 4.78 is 16.6. The summed E-state index contributed by atoms with van der Waals surface area (Å²) in [6, 6.07) is 13.9. The molecule has 2 aromatic rings. The number of ether oxygens (including phenoxy) is 3. The number of benzene rings is 2. The maximum Gasteiger partial charge on any atom is 0.308 e. The third-order valence-corrected chi connectivity index (χ3v) is 11.3. The van der Waals surface area contributed by atoms with Gasteiger partial charge in [-0.25, -0.2) is 0 Å². The van der Waals surface area contributed by atoms with Crippen molar-refractivity contribution in [2.45, 2.75) is 109 Å². The number of esters is 1. The number of hydrogen-bond donors (Lipinski definition) is 3. The van der Waals surface area contributed by atoms with Gasteiger partial charge in [-0.15, -0.1) is 6.42 Å². The first-order chi connectivity index (χ1) is 31.0. The fraction of sp³-hybridized carbons (Fsp3) is 0.571. The Morgan fingerprint density at radius 2 is 1.42 bits per heavy atom. The third kappa shape index (κ3) is 17.4. The van der Waals surface area contributed by atoms with Crippen molar-refractivity contribution in [3.8, 4) is 12.3 Å². The van der Waals surface area contributed by atoms with Gasteiger partial charge in [-0.05, 0) is 55.6 Å². The van der Waals surface area contributed by atoms with Crippen molar-refractivity contribution in [3.05, 3.63) is 71.8 Å². The van der Waals surface area contributed by atoms with Crippen LogP contribution in [-0.2, 0) is 60.6 Å². The zero-order valence-electron chi connectivity index (χ0n) is 38.8. The number of terminal acetylenes is 1. The molecule has 5 atom stereocenters. The maximum absolute atomic E-state index is 15.1. The van der Waals surface area contributed by atoms with Gasteiger partial charge in [0.05, 0.1) is 45.4 Å². The highest BCUT2D eigenvalue weighted by Gasteiger charge is 2.50. The van der Waals surface area contributed by atoms with Gasteiger partial charge < -0.3 is 35.1 Å². The smallest absolute Gasteiger partial charge is 0.308 e. The second-order valence-corrected chi connectivity index (χ2v) is 17.9. The van der Waals surface area contributed by atoms with E-state index in [9.17, 15) is 28.8 Å². The highest BCUT2D eigenvalue weighted by molar-refractivity contribution is 5.99. The van der Waals surface area contributed by atoms with Crippen LogP contribution >= 0.6 is 0 Å². The first kappa shape index (κ1) is 52.0. The fourth-order valence-corrected chi connectivity index (χ4v) is 7.51. The molecule has 2 fully saturated rings. The molecule has 4 rings (SSSR count). The molecule has 0 spiro atoms. The number of nitrogens with zero attached hydrogens (tertiary/aromatic N) is 3. The van der Waals surface area contributed by atoms with Gasteiger partial charge >= 0.3 is 5.97 Å². The van der Waals surface area contributed by atoms with E-state index in [0.29, 0.717) is 39.1 Å². The van der Waals surface area contributed by atoms with Crippen LogP contribution in [0.25, 0.3) is 0 Å². The molecule has 0 saturated carbocycles. The average Bonchev–Trinajstić information content (AvgIpc) is 4.04. The van der Waals surface area contributed by atoms with Crippen LogP contribution in [-0.4, -0.2) is 146 Å². The first-order valence-electron chi connectivity index (χ1n) is 22.6. The van der Waals surface area contributed by atoms with Crippen LogP contribution in [0.1, 0.15) is 77.8 Å². The van der Waals surface area contributed by atoms with E-state index in [1.54, 1.807) is 6.92 Å². The Hall–Kier alpha value is -5.63. The van der Waals surface area contributed by atoms with E-state index in [1.807, 2.05) is 93.3 Å². The molecule has 2 saturated heterocycles. The van der Waals surface area contributed by atoms with Crippen molar-refractivity contribution in [2.24, 2.45) is 11.8 Å². The molecular weight excluding hydrogens is 833 g/mol. The quantitative estimate of drug-likeness (QED) is 0.0544. The number of morpholine rings is 1. The minimum atomic E-state index is -1.31. The van der Waals surface area contributed by atoms with Crippen LogP contribution in [0.15, 0.2) is 60.7 Å². The zero-order chi connectivity index (χ0) is 47.5. The second-order valence-electron chi connectivity index (χ2n) is 17.9. The summed E-state index contributed by atoms with van der Waals surface area (Å²) in [6.45, 7) is 10.9. The average molecular weight is 901 g/mol. The topological polar surface area (TPSA) is 196 Å². The Bertz CT molecular complexity index is 1940. The second kappa shape index (κ2) is 25.8. The molecule has 2 aliphatic heterocycles. The molecule has 354 valence electrons. The minimum absolute atomic E-state index is 0.00732. The minimum Gasteiger partial charge on any atom is -0.444 e. The molecule has 0 aromatic heterocycles. The molecule has 1 unspecified atom stereocenters. The van der Waals surface area contributed by atoms with Gasteiger partial charge in [0.1, 0.15) is 23.7 Å². The molecule has 3 N–H and O–H groups in total. The van der Waals surface area contributed by atoms with Crippen LogP contribution in [0.5, 0.6) is 0 Å². The number of hydrogen-bond acceptors (Lipinski definition) is 11. The summed E-state index contributed by atoms with van der Waals surface area (Å²) in [5.41, 5.74) is 0.629. The van der Waals surface area contributed by atoms with Gasteiger partial charge in [-0.2, -0.15) is 0 Å². The lowest BCUT2D eigenvalue weighted by atomic mass is 9.93. The van der Waals surface area contributed by atoms with Crippen molar-refractivity contribution in [2.75, 3.05) is 59.8 Å². The number of ketones is 1. The van der Waals surface area contributed by atoms with E-state index in [0.717, 1.165) is 16.0 Å². The molecule has 0 bridgehead atoms. The van der Waals surface area contributed by atoms with Gasteiger partial charge in [-0.1, -0.05) is 94.3 Å². The van der Waals surface area contributed by atoms with Crippen LogP contribution in [0.3, 0.4) is 0 Å². The normalized spacial score (nSPS) is 17.7. The Morgan fingerprint density at radius 1 is 0.815 bits per heavy atom. The predicted molar refractivity (Wildman–Crippen MR) is 244 cm³/mol. The number of rotatable bonds is 26. The van der Waals surface area contributed by atoms with E-state index in [2.05, 4.69) is 21.9 Å². The van der Waals surface area contributed by atoms with Crippen LogP contribution in [0, 0.1) is 24.2 Å². The molecule has 0 aliphatic carbocycles. The number of nitrogens with one attached hydrogen (secondary N) is 3. The molecule has 2 heterocycles. The summed E-state index contributed by atoms with van der Waals surface area (Å²) >= 11 is 0. The molecular formula is C49H68N6O10. The van der Waals surface area contributed by atoms with Gasteiger partial charge in [0.15, 0.2) is 12.5 Å². The highest BCUT2D eigenvalue weighted by Crippen LogP contribution is 2.30. The monoisotopic (exact) mass is 900 g/mol. The number of carbonyl (C=O) groups excluding carboxylic acids is 7. The van der Waals surface area contributed by atoms with E-state index in [-0.39, 0.29) is 75.3 Å². The molecule has 16 nitrogen and oxygen atoms in total. The summed E-state index contributed by atoms with van der Waals surface area (Å²) in [7, 11) is 1.52. The number of epoxide rings is 1. The van der Waals surface area contributed by atoms with Crippen molar-refractivity contribution in [1.29, 1.82) is 0 Å². The van der Waals surface area contributed by atoms with Crippen molar-refractivity contribution in [1.82, 2.24) is 30.7 Å². The predicted octanol–water partition coefficient (Wildman–Crippen LogP) is 2.67. The summed E-state index contributed by atoms with van der Waals surface area (Å²) in [5, 5.41) is 8.72. The molecule has 2 aliphatic rings. The maximum atomic E-state index is 15.1. The van der Waals surface area contributed by atoms with Crippen molar-refractivity contribution in [3.63, 3.8) is 0 Å². The Kier molecular flexibility index (Phi) is 20.6. The number of carbonyl (C=O) groups is 7. The molecule has 0 radical (unpaired) electrons. The molecule has 2 aromatic carbocycles. The standard InChI is InChI=1S/C49H68N6O10/c1-8-23-53(7)43(57)21-22-44(58)64-33-55(48(62)38(20-19-36-15-11-9-12-16-36)50-42(56)31-54-24-26-63-27-25-54)41(29-35(4)5)47(61)52-40(30-37-17-13-10-14-18-37)46(60)51-39(28-34(2)3)45(59)49(6)32-65-49/h1,9-18,34-35,38-41H,19-33H2,2-7H3,(H,50,56)(H,51,60)(H,52,61)/t38-,39?,40-,41-,49+/m0/s1. The van der Waals surface area contributed by atoms with Crippen LogP contribution in [0.2, 0.25) is 0 Å². The molecule has 5 amide bonds. The lowest BCUT2D eigenvalue weighted by molar-refractivity contribution is -0.161. The lowest BCUT2D eigenvalue weighted by Gasteiger charge is -2.35. The molecule has 16 heteroatoms. The summed E-state index contributed by atoms with van der Waals surface area (Å²) in [6.07, 6.45) is 5.79. The van der Waals surface area contributed by atoms with E-state index < -0.39 is 66.1 Å². The Labute approximate surface area is 383 Å². The SMILES string of the molecule is C#CCN(C)C(=O)CCC(=O)OCN(C(=O)[C@H](CCc1ccccc1)NC(=O)CN1CCOCC1)[C@@H](CC(C)C)C(=O)N[C@@H](Cc1ccccc1)C(=O)NC(CC(C)C)C(=O)[C@@]1(C)CO1. The first-order valence-corrected chi connectivity index (χ1v) is 22.6. The molecule has 65 heavy (non-hydrogen) atoms. The van der Waals surface area contributed by atoms with Crippen molar-refractivity contribution >= 4 is 41.3 Å². The largest absolute Gasteiger partial charge is 0.444 e. The summed E-state index contributed by atoms with van der Waals surface area (Å²) in [4.78, 5) is 102. The third-order valence-electron chi connectivity index (χ3n) is 11.3. The number of Topliss-reactive ketones (excluding diaryl/α,β-unsaturated/α-hetero) is 1. The number of aryl methyl sites for hydroxylation is 1. The number of amides is 5. The van der Waals surface area contributed by atoms with Gasteiger partial charge in [0.25, 0.3) is 0 Å². The van der Waals surface area contributed by atoms with Gasteiger partial charge in [0.2, 0.25) is 29.5 Å². The Balaban J connectivity index is 1.70. The fourth-order valence-electron chi connectivity index (χ4n) is 7.51. The Morgan fingerprint density at radius 3 is 2.00 bits per heavy atom. The van der Waals surface area contributed by atoms with Crippen LogP contribution in [0.4, 0.5) is 0 Å². The van der Waals surface area contributed by atoms with Gasteiger partial charge in [0, 0.05) is 33.0 Å². The highest BCUT2D eigenvalue weighted by atomic mass is 16.6. The van der Waals surface area contributed by atoms with E-state index >= 15 is 4.79 Å². The summed E-state index contributed by atoms with van der Waals surface area (Å²) in [5.74, 6) is -1.64. The zero-order valence-corrected chi connectivity index (χ0v) is 38.8. The van der Waals surface area contributed by atoms with Crippen molar-refractivity contribution < 1.29 is 47.8 Å². The van der Waals surface area contributed by atoms with E-state index in [4.69, 9.17) is 20.6 Å².